The van der Waals surface area contributed by atoms with Crippen molar-refractivity contribution in [3.63, 3.8) is 0 Å². The molecule has 23 heavy (non-hydrogen) atoms. The van der Waals surface area contributed by atoms with Gasteiger partial charge in [-0.2, -0.15) is 5.10 Å². The van der Waals surface area contributed by atoms with E-state index in [4.69, 9.17) is 4.74 Å². The molecule has 0 bridgehead atoms. The van der Waals surface area contributed by atoms with Crippen molar-refractivity contribution in [2.75, 3.05) is 14.2 Å². The number of rotatable bonds is 6. The molecule has 1 aromatic carbocycles. The van der Waals surface area contributed by atoms with Crippen molar-refractivity contribution in [2.45, 2.75) is 13.1 Å². The molecule has 2 heterocycles. The summed E-state index contributed by atoms with van der Waals surface area (Å²) in [6.07, 6.45) is 7.64. The molecule has 0 aliphatic heterocycles. The minimum absolute atomic E-state index is 0.827. The van der Waals surface area contributed by atoms with Crippen molar-refractivity contribution in [2.24, 2.45) is 0 Å². The molecule has 0 spiro atoms. The highest BCUT2D eigenvalue weighted by Gasteiger charge is 2.06. The second kappa shape index (κ2) is 7.07. The van der Waals surface area contributed by atoms with E-state index in [-0.39, 0.29) is 0 Å². The largest absolute Gasteiger partial charge is 0.497 e. The third-order valence-electron chi connectivity index (χ3n) is 3.58. The average molecular weight is 308 g/mol. The lowest BCUT2D eigenvalue weighted by Crippen LogP contribution is -2.16. The number of nitrogens with zero attached hydrogens (tertiary/aromatic N) is 4. The molecule has 0 radical (unpaired) electrons. The summed E-state index contributed by atoms with van der Waals surface area (Å²) in [5.74, 6) is 0.827. The van der Waals surface area contributed by atoms with Crippen LogP contribution in [-0.2, 0) is 13.1 Å². The van der Waals surface area contributed by atoms with Gasteiger partial charge in [0.15, 0.2) is 0 Å². The van der Waals surface area contributed by atoms with E-state index >= 15 is 0 Å². The van der Waals surface area contributed by atoms with Crippen LogP contribution in [0, 0.1) is 0 Å². The Balaban J connectivity index is 1.67. The fourth-order valence-corrected chi connectivity index (χ4v) is 2.51. The fraction of sp³-hybridized carbons (Fsp3) is 0.222. The highest BCUT2D eigenvalue weighted by atomic mass is 16.5. The van der Waals surface area contributed by atoms with Crippen molar-refractivity contribution in [1.29, 1.82) is 0 Å². The van der Waals surface area contributed by atoms with Crippen molar-refractivity contribution in [3.05, 3.63) is 72.3 Å². The van der Waals surface area contributed by atoms with E-state index in [0.29, 0.717) is 0 Å². The van der Waals surface area contributed by atoms with Gasteiger partial charge in [0.2, 0.25) is 0 Å². The van der Waals surface area contributed by atoms with Gasteiger partial charge in [-0.1, -0.05) is 12.1 Å². The minimum atomic E-state index is 0.827. The number of hydrogen-bond acceptors (Lipinski definition) is 4. The molecule has 2 aromatic heterocycles. The zero-order valence-electron chi connectivity index (χ0n) is 13.4. The first-order valence-electron chi connectivity index (χ1n) is 7.50. The first-order valence-corrected chi connectivity index (χ1v) is 7.50. The van der Waals surface area contributed by atoms with Crippen molar-refractivity contribution < 1.29 is 4.74 Å². The SMILES string of the molecule is COc1cccc(-n2cc(CN(C)Cc3cccnc3)cn2)c1. The molecule has 0 aliphatic rings. The van der Waals surface area contributed by atoms with E-state index < -0.39 is 0 Å². The molecule has 0 N–H and O–H groups in total. The highest BCUT2D eigenvalue weighted by Crippen LogP contribution is 2.16. The Kier molecular flexibility index (Phi) is 4.68. The zero-order chi connectivity index (χ0) is 16.1. The Bertz CT molecular complexity index is 754. The number of ether oxygens (including phenoxy) is 1. The summed E-state index contributed by atoms with van der Waals surface area (Å²) in [6.45, 7) is 1.69. The van der Waals surface area contributed by atoms with Gasteiger partial charge in [-0.25, -0.2) is 4.68 Å². The Morgan fingerprint density at radius 1 is 1.09 bits per heavy atom. The molecule has 5 nitrogen and oxygen atoms in total. The highest BCUT2D eigenvalue weighted by molar-refractivity contribution is 5.38. The molecule has 0 atom stereocenters. The van der Waals surface area contributed by atoms with Gasteiger partial charge in [-0.3, -0.25) is 9.88 Å². The van der Waals surface area contributed by atoms with Gasteiger partial charge in [0.05, 0.1) is 19.0 Å². The fourth-order valence-electron chi connectivity index (χ4n) is 2.51. The van der Waals surface area contributed by atoms with Crippen LogP contribution in [0.4, 0.5) is 0 Å². The minimum Gasteiger partial charge on any atom is -0.497 e. The van der Waals surface area contributed by atoms with E-state index in [1.165, 1.54) is 11.1 Å². The molecule has 118 valence electrons. The number of benzene rings is 1. The number of aromatic nitrogens is 3. The van der Waals surface area contributed by atoms with Gasteiger partial charge in [-0.15, -0.1) is 0 Å². The maximum Gasteiger partial charge on any atom is 0.121 e. The van der Waals surface area contributed by atoms with Crippen molar-refractivity contribution in [3.8, 4) is 11.4 Å². The summed E-state index contributed by atoms with van der Waals surface area (Å²) in [7, 11) is 3.76. The number of methoxy groups -OCH3 is 1. The normalized spacial score (nSPS) is 10.9. The monoisotopic (exact) mass is 308 g/mol. The van der Waals surface area contributed by atoms with Gasteiger partial charge in [0.25, 0.3) is 0 Å². The van der Waals surface area contributed by atoms with Crippen LogP contribution in [0.5, 0.6) is 5.75 Å². The quantitative estimate of drug-likeness (QED) is 0.702. The summed E-state index contributed by atoms with van der Waals surface area (Å²) in [4.78, 5) is 6.39. The molecule has 3 rings (SSSR count). The Morgan fingerprint density at radius 2 is 1.96 bits per heavy atom. The van der Waals surface area contributed by atoms with Crippen LogP contribution in [-0.4, -0.2) is 33.8 Å². The molecule has 0 unspecified atom stereocenters. The van der Waals surface area contributed by atoms with Gasteiger partial charge in [0, 0.05) is 43.3 Å². The Morgan fingerprint density at radius 3 is 2.74 bits per heavy atom. The molecular formula is C18H20N4O. The lowest BCUT2D eigenvalue weighted by atomic mass is 10.2. The summed E-state index contributed by atoms with van der Waals surface area (Å²) in [6, 6.07) is 11.9. The Hall–Kier alpha value is -2.66. The molecular weight excluding hydrogens is 288 g/mol. The predicted molar refractivity (Wildman–Crippen MR) is 89.5 cm³/mol. The van der Waals surface area contributed by atoms with E-state index in [9.17, 15) is 0 Å². The Labute approximate surface area is 136 Å². The molecule has 5 heteroatoms. The maximum atomic E-state index is 5.26. The van der Waals surface area contributed by atoms with Gasteiger partial charge < -0.3 is 4.74 Å². The summed E-state index contributed by atoms with van der Waals surface area (Å²) >= 11 is 0. The predicted octanol–water partition coefficient (Wildman–Crippen LogP) is 2.91. The third kappa shape index (κ3) is 3.96. The molecule has 0 amide bonds. The van der Waals surface area contributed by atoms with Gasteiger partial charge >= 0.3 is 0 Å². The van der Waals surface area contributed by atoms with Gasteiger partial charge in [-0.05, 0) is 30.8 Å². The topological polar surface area (TPSA) is 43.2 Å². The van der Waals surface area contributed by atoms with E-state index in [1.807, 2.05) is 47.4 Å². The summed E-state index contributed by atoms with van der Waals surface area (Å²) in [5, 5.41) is 4.44. The van der Waals surface area contributed by atoms with Crippen LogP contribution in [0.25, 0.3) is 5.69 Å². The van der Waals surface area contributed by atoms with Crippen LogP contribution in [0.15, 0.2) is 61.2 Å². The molecule has 0 fully saturated rings. The van der Waals surface area contributed by atoms with E-state index in [0.717, 1.165) is 24.5 Å². The lowest BCUT2D eigenvalue weighted by molar-refractivity contribution is 0.318. The first-order chi connectivity index (χ1) is 11.2. The lowest BCUT2D eigenvalue weighted by Gasteiger charge is -2.15. The number of pyridine rings is 1. The average Bonchev–Trinajstić information content (AvgIpc) is 3.04. The van der Waals surface area contributed by atoms with Crippen LogP contribution < -0.4 is 4.74 Å². The molecule has 0 saturated carbocycles. The standard InChI is InChI=1S/C18H20N4O/c1-21(12-15-5-4-8-19-10-15)13-16-11-20-22(14-16)17-6-3-7-18(9-17)23-2/h3-11,14H,12-13H2,1-2H3. The van der Waals surface area contributed by atoms with E-state index in [1.54, 1.807) is 13.3 Å². The van der Waals surface area contributed by atoms with E-state index in [2.05, 4.69) is 34.3 Å². The van der Waals surface area contributed by atoms with Crippen LogP contribution in [0.2, 0.25) is 0 Å². The molecule has 0 saturated heterocycles. The van der Waals surface area contributed by atoms with Crippen molar-refractivity contribution in [1.82, 2.24) is 19.7 Å². The third-order valence-corrected chi connectivity index (χ3v) is 3.58. The second-order valence-electron chi connectivity index (χ2n) is 5.53. The summed E-state index contributed by atoms with van der Waals surface area (Å²) < 4.78 is 7.13. The van der Waals surface area contributed by atoms with Crippen LogP contribution in [0.1, 0.15) is 11.1 Å². The maximum absolute atomic E-state index is 5.26. The second-order valence-corrected chi connectivity index (χ2v) is 5.53. The van der Waals surface area contributed by atoms with Crippen molar-refractivity contribution >= 4 is 0 Å². The van der Waals surface area contributed by atoms with Gasteiger partial charge in [0.1, 0.15) is 5.75 Å². The van der Waals surface area contributed by atoms with Crippen LogP contribution in [0.3, 0.4) is 0 Å². The zero-order valence-corrected chi connectivity index (χ0v) is 13.4. The molecule has 0 aliphatic carbocycles. The first kappa shape index (κ1) is 15.2. The van der Waals surface area contributed by atoms with Crippen LogP contribution >= 0.6 is 0 Å². The summed E-state index contributed by atoms with van der Waals surface area (Å²) in [5.41, 5.74) is 3.36. The number of hydrogen-bond donors (Lipinski definition) is 0. The smallest absolute Gasteiger partial charge is 0.121 e. The molecule has 3 aromatic rings.